The summed E-state index contributed by atoms with van der Waals surface area (Å²) in [7, 11) is 0. The molecule has 1 amide bonds. The Hall–Kier alpha value is -2.63. The maximum atomic E-state index is 12.0. The van der Waals surface area contributed by atoms with Gasteiger partial charge in [-0.2, -0.15) is 5.10 Å². The van der Waals surface area contributed by atoms with Gasteiger partial charge in [-0.3, -0.25) is 4.79 Å². The van der Waals surface area contributed by atoms with Gasteiger partial charge in [-0.15, -0.1) is 0 Å². The molecule has 6 heteroatoms. The van der Waals surface area contributed by atoms with Crippen molar-refractivity contribution in [2.24, 2.45) is 5.41 Å². The molecular weight excluding hydrogens is 294 g/mol. The van der Waals surface area contributed by atoms with Gasteiger partial charge in [0.25, 0.3) is 0 Å². The minimum Gasteiger partial charge on any atom is -0.478 e. The molecule has 1 aromatic heterocycles. The SMILES string of the molecule is Cc1nn(-c2ccc(NC(=O)C(C)(C)C)cc2)c(C)c1C(=O)O. The molecule has 23 heavy (non-hydrogen) atoms. The number of carboxylic acid groups (broad SMARTS) is 1. The molecule has 0 radical (unpaired) electrons. The molecule has 6 nitrogen and oxygen atoms in total. The van der Waals surface area contributed by atoms with Crippen molar-refractivity contribution in [1.29, 1.82) is 0 Å². The number of anilines is 1. The van der Waals surface area contributed by atoms with Gasteiger partial charge >= 0.3 is 5.97 Å². The van der Waals surface area contributed by atoms with Crippen molar-refractivity contribution >= 4 is 17.6 Å². The van der Waals surface area contributed by atoms with E-state index in [0.29, 0.717) is 17.1 Å². The summed E-state index contributed by atoms with van der Waals surface area (Å²) < 4.78 is 1.59. The van der Waals surface area contributed by atoms with Crippen LogP contribution in [0.1, 0.15) is 42.5 Å². The molecule has 2 aromatic rings. The fourth-order valence-corrected chi connectivity index (χ4v) is 2.21. The molecule has 2 rings (SSSR count). The quantitative estimate of drug-likeness (QED) is 0.911. The van der Waals surface area contributed by atoms with Gasteiger partial charge in [0, 0.05) is 11.1 Å². The Morgan fingerprint density at radius 1 is 1.13 bits per heavy atom. The molecule has 0 aliphatic rings. The van der Waals surface area contributed by atoms with E-state index in [9.17, 15) is 14.7 Å². The Morgan fingerprint density at radius 3 is 2.13 bits per heavy atom. The summed E-state index contributed by atoms with van der Waals surface area (Å²) in [6.45, 7) is 8.93. The molecule has 1 aromatic carbocycles. The molecule has 0 atom stereocenters. The normalized spacial score (nSPS) is 11.3. The van der Waals surface area contributed by atoms with Gasteiger partial charge in [-0.1, -0.05) is 20.8 Å². The number of aromatic nitrogens is 2. The largest absolute Gasteiger partial charge is 0.478 e. The van der Waals surface area contributed by atoms with Crippen molar-refractivity contribution < 1.29 is 14.7 Å². The third kappa shape index (κ3) is 3.41. The minimum absolute atomic E-state index is 0.0653. The average molecular weight is 315 g/mol. The average Bonchev–Trinajstić information content (AvgIpc) is 2.73. The Kier molecular flexibility index (Phi) is 4.27. The highest BCUT2D eigenvalue weighted by atomic mass is 16.4. The third-order valence-electron chi connectivity index (χ3n) is 3.56. The highest BCUT2D eigenvalue weighted by Crippen LogP contribution is 2.21. The van der Waals surface area contributed by atoms with Gasteiger partial charge in [-0.05, 0) is 38.1 Å². The number of nitrogens with zero attached hydrogens (tertiary/aromatic N) is 2. The van der Waals surface area contributed by atoms with E-state index in [1.54, 1.807) is 42.8 Å². The number of rotatable bonds is 3. The van der Waals surface area contributed by atoms with Gasteiger partial charge < -0.3 is 10.4 Å². The second kappa shape index (κ2) is 5.87. The second-order valence-electron chi connectivity index (χ2n) is 6.51. The first kappa shape index (κ1) is 16.7. The van der Waals surface area contributed by atoms with Gasteiger partial charge in [0.2, 0.25) is 5.91 Å². The first-order valence-electron chi connectivity index (χ1n) is 7.32. The lowest BCUT2D eigenvalue weighted by molar-refractivity contribution is -0.123. The summed E-state index contributed by atoms with van der Waals surface area (Å²) in [4.78, 5) is 23.2. The fourth-order valence-electron chi connectivity index (χ4n) is 2.21. The zero-order valence-corrected chi connectivity index (χ0v) is 14.0. The topological polar surface area (TPSA) is 84.2 Å². The molecule has 2 N–H and O–H groups in total. The van der Waals surface area contributed by atoms with Crippen LogP contribution < -0.4 is 5.32 Å². The van der Waals surface area contributed by atoms with Gasteiger partial charge in [0.05, 0.1) is 17.1 Å². The number of hydrogen-bond donors (Lipinski definition) is 2. The number of carbonyl (C=O) groups excluding carboxylic acids is 1. The molecule has 0 bridgehead atoms. The lowest BCUT2D eigenvalue weighted by Gasteiger charge is -2.17. The number of aryl methyl sites for hydroxylation is 1. The van der Waals surface area contributed by atoms with E-state index in [4.69, 9.17) is 0 Å². The molecule has 1 heterocycles. The first-order valence-corrected chi connectivity index (χ1v) is 7.32. The molecule has 0 aliphatic heterocycles. The summed E-state index contributed by atoms with van der Waals surface area (Å²) >= 11 is 0. The number of carboxylic acids is 1. The molecule has 0 saturated carbocycles. The van der Waals surface area contributed by atoms with Crippen molar-refractivity contribution in [1.82, 2.24) is 9.78 Å². The van der Waals surface area contributed by atoms with E-state index in [1.807, 2.05) is 20.8 Å². The standard InChI is InChI=1S/C17H21N3O3/c1-10-14(15(21)22)11(2)20(19-10)13-8-6-12(7-9-13)18-16(23)17(3,4)5/h6-9H,1-5H3,(H,18,23)(H,21,22). The zero-order valence-electron chi connectivity index (χ0n) is 14.0. The minimum atomic E-state index is -0.986. The molecule has 0 spiro atoms. The van der Waals surface area contributed by atoms with Crippen molar-refractivity contribution in [2.45, 2.75) is 34.6 Å². The molecule has 0 aliphatic carbocycles. The maximum absolute atomic E-state index is 12.0. The van der Waals surface area contributed by atoms with Crippen LogP contribution in [0.4, 0.5) is 5.69 Å². The van der Waals surface area contributed by atoms with Crippen LogP contribution in [0.3, 0.4) is 0 Å². The zero-order chi connectivity index (χ0) is 17.4. The van der Waals surface area contributed by atoms with Crippen LogP contribution in [-0.2, 0) is 4.79 Å². The van der Waals surface area contributed by atoms with E-state index in [-0.39, 0.29) is 11.5 Å². The Labute approximate surface area is 135 Å². The predicted molar refractivity (Wildman–Crippen MR) is 88.1 cm³/mol. The van der Waals surface area contributed by atoms with Crippen molar-refractivity contribution in [2.75, 3.05) is 5.32 Å². The Balaban J connectivity index is 2.29. The van der Waals surface area contributed by atoms with Gasteiger partial charge in [-0.25, -0.2) is 9.48 Å². The number of carbonyl (C=O) groups is 2. The summed E-state index contributed by atoms with van der Waals surface area (Å²) in [6, 6.07) is 7.14. The number of nitrogens with one attached hydrogen (secondary N) is 1. The summed E-state index contributed by atoms with van der Waals surface area (Å²) in [6.07, 6.45) is 0. The predicted octanol–water partition coefficient (Wildman–Crippen LogP) is 3.17. The Bertz CT molecular complexity index is 753. The maximum Gasteiger partial charge on any atom is 0.339 e. The highest BCUT2D eigenvalue weighted by Gasteiger charge is 2.21. The van der Waals surface area contributed by atoms with Crippen molar-refractivity contribution in [3.8, 4) is 5.69 Å². The molecule has 0 saturated heterocycles. The Morgan fingerprint density at radius 2 is 1.70 bits per heavy atom. The molecule has 0 unspecified atom stereocenters. The summed E-state index contributed by atoms with van der Waals surface area (Å²) in [5, 5.41) is 16.4. The van der Waals surface area contributed by atoms with Gasteiger partial charge in [0.15, 0.2) is 0 Å². The monoisotopic (exact) mass is 315 g/mol. The smallest absolute Gasteiger partial charge is 0.339 e. The fraction of sp³-hybridized carbons (Fsp3) is 0.353. The van der Waals surface area contributed by atoms with Crippen LogP contribution in [0.5, 0.6) is 0 Å². The number of benzene rings is 1. The lowest BCUT2D eigenvalue weighted by atomic mass is 9.95. The number of amides is 1. The van der Waals surface area contributed by atoms with E-state index in [2.05, 4.69) is 10.4 Å². The number of hydrogen-bond acceptors (Lipinski definition) is 3. The lowest BCUT2D eigenvalue weighted by Crippen LogP contribution is -2.27. The molecular formula is C17H21N3O3. The van der Waals surface area contributed by atoms with Crippen LogP contribution in [0, 0.1) is 19.3 Å². The van der Waals surface area contributed by atoms with Gasteiger partial charge in [0.1, 0.15) is 5.56 Å². The number of aromatic carboxylic acids is 1. The third-order valence-corrected chi connectivity index (χ3v) is 3.56. The van der Waals surface area contributed by atoms with E-state index >= 15 is 0 Å². The van der Waals surface area contributed by atoms with E-state index in [1.165, 1.54) is 0 Å². The summed E-state index contributed by atoms with van der Waals surface area (Å²) in [5.41, 5.74) is 2.22. The first-order chi connectivity index (χ1) is 10.6. The van der Waals surface area contributed by atoms with Crippen LogP contribution >= 0.6 is 0 Å². The van der Waals surface area contributed by atoms with Crippen LogP contribution in [0.25, 0.3) is 5.69 Å². The van der Waals surface area contributed by atoms with Crippen LogP contribution in [0.2, 0.25) is 0 Å². The van der Waals surface area contributed by atoms with Crippen molar-refractivity contribution in [3.05, 3.63) is 41.2 Å². The van der Waals surface area contributed by atoms with E-state index in [0.717, 1.165) is 5.69 Å². The molecule has 0 fully saturated rings. The van der Waals surface area contributed by atoms with E-state index < -0.39 is 11.4 Å². The second-order valence-corrected chi connectivity index (χ2v) is 6.51. The summed E-state index contributed by atoms with van der Waals surface area (Å²) in [5.74, 6) is -1.05. The van der Waals surface area contributed by atoms with Crippen LogP contribution in [0.15, 0.2) is 24.3 Å². The van der Waals surface area contributed by atoms with Crippen LogP contribution in [-0.4, -0.2) is 26.8 Å². The molecule has 122 valence electrons. The van der Waals surface area contributed by atoms with Crippen molar-refractivity contribution in [3.63, 3.8) is 0 Å². The highest BCUT2D eigenvalue weighted by molar-refractivity contribution is 5.94.